The Balaban J connectivity index is 1.79. The molecule has 0 saturated heterocycles. The van der Waals surface area contributed by atoms with Gasteiger partial charge in [0.25, 0.3) is 0 Å². The molecule has 1 unspecified atom stereocenters. The number of thioether (sulfide) groups is 1. The van der Waals surface area contributed by atoms with Crippen LogP contribution in [0, 0.1) is 0 Å². The summed E-state index contributed by atoms with van der Waals surface area (Å²) in [5.74, 6) is 1.94. The quantitative estimate of drug-likeness (QED) is 0.592. The number of hydrogen-bond donors (Lipinski definition) is 2. The highest BCUT2D eigenvalue weighted by Crippen LogP contribution is 2.26. The lowest BCUT2D eigenvalue weighted by molar-refractivity contribution is 0.276. The minimum absolute atomic E-state index is 0.129. The van der Waals surface area contributed by atoms with Gasteiger partial charge in [-0.2, -0.15) is 11.8 Å². The van der Waals surface area contributed by atoms with Gasteiger partial charge < -0.3 is 15.4 Å². The number of nitrogens with zero attached hydrogens (tertiary/aromatic N) is 1. The molecular formula is C15H21N3OS2. The summed E-state index contributed by atoms with van der Waals surface area (Å²) in [6.07, 6.45) is 2.51. The third-order valence-corrected chi connectivity index (χ3v) is 4.84. The maximum Gasteiger partial charge on any atom is 0.170 e. The highest BCUT2D eigenvalue weighted by atomic mass is 32.2. The highest BCUT2D eigenvalue weighted by molar-refractivity contribution is 7.99. The van der Waals surface area contributed by atoms with Gasteiger partial charge in [0.05, 0.1) is 0 Å². The second-order valence-corrected chi connectivity index (χ2v) is 6.50. The van der Waals surface area contributed by atoms with Gasteiger partial charge in [-0.25, -0.2) is 4.99 Å². The van der Waals surface area contributed by atoms with E-state index in [9.17, 15) is 0 Å². The number of thiocarbonyl (C=S) groups is 1. The second kappa shape index (κ2) is 8.24. The van der Waals surface area contributed by atoms with Gasteiger partial charge in [0, 0.05) is 31.5 Å². The summed E-state index contributed by atoms with van der Waals surface area (Å²) in [4.78, 5) is 4.58. The number of ether oxygens (including phenoxy) is 1. The van der Waals surface area contributed by atoms with Crippen molar-refractivity contribution in [3.8, 4) is 0 Å². The van der Waals surface area contributed by atoms with Crippen LogP contribution in [0.4, 0.5) is 0 Å². The van der Waals surface area contributed by atoms with Crippen molar-refractivity contribution in [1.29, 1.82) is 0 Å². The normalized spacial score (nSPS) is 20.0. The lowest BCUT2D eigenvalue weighted by Crippen LogP contribution is -2.36. The topological polar surface area (TPSA) is 45.6 Å². The summed E-state index contributed by atoms with van der Waals surface area (Å²) in [6, 6.07) is 10.5. The number of nitrogens with one attached hydrogen (secondary N) is 2. The fourth-order valence-corrected chi connectivity index (χ4v) is 3.30. The van der Waals surface area contributed by atoms with Crippen LogP contribution in [0.15, 0.2) is 35.3 Å². The molecule has 21 heavy (non-hydrogen) atoms. The zero-order valence-corrected chi connectivity index (χ0v) is 13.8. The van der Waals surface area contributed by atoms with E-state index in [4.69, 9.17) is 17.0 Å². The highest BCUT2D eigenvalue weighted by Gasteiger charge is 2.33. The van der Waals surface area contributed by atoms with Crippen molar-refractivity contribution in [2.75, 3.05) is 31.7 Å². The first kappa shape index (κ1) is 16.1. The van der Waals surface area contributed by atoms with Crippen molar-refractivity contribution in [3.63, 3.8) is 0 Å². The fourth-order valence-electron chi connectivity index (χ4n) is 2.17. The predicted octanol–water partition coefficient (Wildman–Crippen LogP) is 1.85. The van der Waals surface area contributed by atoms with Gasteiger partial charge in [-0.3, -0.25) is 0 Å². The maximum atomic E-state index is 5.39. The molecule has 1 aromatic rings. The lowest BCUT2D eigenvalue weighted by atomic mass is 9.95. The van der Waals surface area contributed by atoms with Crippen LogP contribution in [0.1, 0.15) is 5.56 Å². The molecule has 0 spiro atoms. The molecule has 0 saturated carbocycles. The summed E-state index contributed by atoms with van der Waals surface area (Å²) in [5.41, 5.74) is 1.17. The molecule has 1 aliphatic rings. The van der Waals surface area contributed by atoms with Crippen molar-refractivity contribution < 1.29 is 4.74 Å². The zero-order valence-electron chi connectivity index (χ0n) is 12.2. The van der Waals surface area contributed by atoms with E-state index in [2.05, 4.69) is 39.9 Å². The van der Waals surface area contributed by atoms with Gasteiger partial charge in [0.15, 0.2) is 11.5 Å². The van der Waals surface area contributed by atoms with Crippen LogP contribution in [0.25, 0.3) is 0 Å². The van der Waals surface area contributed by atoms with E-state index in [1.54, 1.807) is 6.40 Å². The van der Waals surface area contributed by atoms with Crippen LogP contribution in [0.5, 0.6) is 0 Å². The van der Waals surface area contributed by atoms with Crippen LogP contribution < -0.4 is 10.6 Å². The number of rotatable bonds is 7. The Labute approximate surface area is 135 Å². The maximum absolute atomic E-state index is 5.39. The van der Waals surface area contributed by atoms with Crippen LogP contribution in [-0.2, 0) is 11.2 Å². The SMILES string of the molecule is CNC(=S)NCCSCC1(Cc2ccccc2)COC=N1. The monoisotopic (exact) mass is 323 g/mol. The van der Waals surface area contributed by atoms with E-state index in [1.165, 1.54) is 5.56 Å². The van der Waals surface area contributed by atoms with E-state index in [-0.39, 0.29) is 5.54 Å². The fraction of sp³-hybridized carbons (Fsp3) is 0.467. The minimum Gasteiger partial charge on any atom is -0.481 e. The molecule has 0 aromatic heterocycles. The lowest BCUT2D eigenvalue weighted by Gasteiger charge is -2.24. The molecule has 4 nitrogen and oxygen atoms in total. The number of aliphatic imine (C=N–C) groups is 1. The first-order chi connectivity index (χ1) is 10.2. The second-order valence-electron chi connectivity index (χ2n) is 4.99. The predicted molar refractivity (Wildman–Crippen MR) is 94.3 cm³/mol. The summed E-state index contributed by atoms with van der Waals surface area (Å²) in [7, 11) is 1.82. The zero-order chi connectivity index (χ0) is 15.0. The van der Waals surface area contributed by atoms with E-state index in [0.717, 1.165) is 24.5 Å². The van der Waals surface area contributed by atoms with E-state index < -0.39 is 0 Å². The summed E-state index contributed by atoms with van der Waals surface area (Å²) >= 11 is 6.92. The third kappa shape index (κ3) is 5.21. The van der Waals surface area contributed by atoms with Gasteiger partial charge in [0.2, 0.25) is 0 Å². The van der Waals surface area contributed by atoms with Gasteiger partial charge >= 0.3 is 0 Å². The van der Waals surface area contributed by atoms with E-state index in [0.29, 0.717) is 11.7 Å². The van der Waals surface area contributed by atoms with E-state index >= 15 is 0 Å². The largest absolute Gasteiger partial charge is 0.481 e. The Kier molecular flexibility index (Phi) is 6.32. The van der Waals surface area contributed by atoms with Crippen molar-refractivity contribution >= 4 is 35.5 Å². The first-order valence-corrected chi connectivity index (χ1v) is 8.53. The molecule has 0 aliphatic carbocycles. The van der Waals surface area contributed by atoms with Crippen LogP contribution in [0.2, 0.25) is 0 Å². The standard InChI is InChI=1S/C15H21N3OS2/c1-16-14(20)17-7-8-21-11-15(10-19-12-18-15)9-13-5-3-2-4-6-13/h2-6,12H,7-11H2,1H3,(H2,16,17,20). The molecule has 0 fully saturated rings. The summed E-state index contributed by atoms with van der Waals surface area (Å²) < 4.78 is 5.39. The molecule has 1 aliphatic heterocycles. The molecule has 114 valence electrons. The van der Waals surface area contributed by atoms with Crippen LogP contribution in [0.3, 0.4) is 0 Å². The van der Waals surface area contributed by atoms with Crippen molar-refractivity contribution in [2.45, 2.75) is 12.0 Å². The number of benzene rings is 1. The molecule has 1 atom stereocenters. The molecule has 0 radical (unpaired) electrons. The van der Waals surface area contributed by atoms with Gasteiger partial charge in [0.1, 0.15) is 12.1 Å². The third-order valence-electron chi connectivity index (χ3n) is 3.26. The molecule has 1 heterocycles. The van der Waals surface area contributed by atoms with Crippen LogP contribution >= 0.6 is 24.0 Å². The molecule has 0 bridgehead atoms. The molecule has 2 rings (SSSR count). The minimum atomic E-state index is -0.129. The molecule has 2 N–H and O–H groups in total. The van der Waals surface area contributed by atoms with Gasteiger partial charge in [-0.1, -0.05) is 30.3 Å². The van der Waals surface area contributed by atoms with Gasteiger partial charge in [-0.15, -0.1) is 0 Å². The van der Waals surface area contributed by atoms with Gasteiger partial charge in [-0.05, 0) is 17.8 Å². The molecular weight excluding hydrogens is 302 g/mol. The Morgan fingerprint density at radius 2 is 2.24 bits per heavy atom. The Morgan fingerprint density at radius 1 is 1.43 bits per heavy atom. The Bertz CT molecular complexity index is 481. The average molecular weight is 323 g/mol. The first-order valence-electron chi connectivity index (χ1n) is 6.97. The van der Waals surface area contributed by atoms with E-state index in [1.807, 2.05) is 24.9 Å². The summed E-state index contributed by atoms with van der Waals surface area (Å²) in [6.45, 7) is 1.52. The Morgan fingerprint density at radius 3 is 2.90 bits per heavy atom. The van der Waals surface area contributed by atoms with Crippen molar-refractivity contribution in [2.24, 2.45) is 4.99 Å². The molecule has 6 heteroatoms. The van der Waals surface area contributed by atoms with Crippen LogP contribution in [-0.4, -0.2) is 48.8 Å². The molecule has 1 aromatic carbocycles. The smallest absolute Gasteiger partial charge is 0.170 e. The molecule has 0 amide bonds. The number of hydrogen-bond acceptors (Lipinski definition) is 4. The average Bonchev–Trinajstić information content (AvgIpc) is 2.96. The van der Waals surface area contributed by atoms with Crippen molar-refractivity contribution in [1.82, 2.24) is 10.6 Å². The Hall–Kier alpha value is -1.27. The summed E-state index contributed by atoms with van der Waals surface area (Å²) in [5, 5.41) is 6.75. The van der Waals surface area contributed by atoms with Crippen molar-refractivity contribution in [3.05, 3.63) is 35.9 Å².